The number of nitrogens with one attached hydrogen (secondary N) is 2. The molecule has 0 aliphatic carbocycles. The number of imidazole rings is 1. The Hall–Kier alpha value is -1.41. The van der Waals surface area contributed by atoms with E-state index in [0.29, 0.717) is 28.6 Å². The summed E-state index contributed by atoms with van der Waals surface area (Å²) >= 11 is 0.638. The lowest BCUT2D eigenvalue weighted by atomic mass is 10.2. The number of hydrogen-bond donors (Lipinski definition) is 2. The van der Waals surface area contributed by atoms with Crippen LogP contribution >= 0.6 is 11.3 Å². The second-order valence-corrected chi connectivity index (χ2v) is 4.99. The predicted molar refractivity (Wildman–Crippen MR) is 65.8 cm³/mol. The zero-order valence-electron chi connectivity index (χ0n) is 10.2. The van der Waals surface area contributed by atoms with Gasteiger partial charge in [-0.05, 0) is 13.0 Å². The van der Waals surface area contributed by atoms with E-state index in [-0.39, 0.29) is 6.04 Å². The minimum absolute atomic E-state index is 0.386. The molecule has 2 N–H and O–H groups in total. The minimum Gasteiger partial charge on any atom is -0.347 e. The number of aromatic amines is 1. The van der Waals surface area contributed by atoms with Gasteiger partial charge >= 0.3 is 6.18 Å². The number of thiazole rings is 1. The van der Waals surface area contributed by atoms with Crippen molar-refractivity contribution in [3.8, 4) is 0 Å². The van der Waals surface area contributed by atoms with Crippen molar-refractivity contribution in [1.82, 2.24) is 20.3 Å². The van der Waals surface area contributed by atoms with Gasteiger partial charge in [0.2, 0.25) is 0 Å². The molecular formula is C11H13F3N4S. The Bertz CT molecular complexity index is 506. The molecule has 0 amide bonds. The van der Waals surface area contributed by atoms with E-state index in [1.807, 2.05) is 6.92 Å². The molecular weight excluding hydrogens is 277 g/mol. The molecule has 2 aromatic heterocycles. The highest BCUT2D eigenvalue weighted by atomic mass is 32.1. The van der Waals surface area contributed by atoms with E-state index < -0.39 is 11.2 Å². The van der Waals surface area contributed by atoms with E-state index in [1.54, 1.807) is 12.4 Å². The number of aromatic nitrogens is 3. The van der Waals surface area contributed by atoms with Crippen LogP contribution in [0.3, 0.4) is 0 Å². The molecule has 1 unspecified atom stereocenters. The van der Waals surface area contributed by atoms with Crippen molar-refractivity contribution < 1.29 is 13.2 Å². The predicted octanol–water partition coefficient (Wildman–Crippen LogP) is 2.97. The van der Waals surface area contributed by atoms with E-state index in [2.05, 4.69) is 20.3 Å². The third-order valence-electron chi connectivity index (χ3n) is 2.44. The normalized spacial score (nSPS) is 13.7. The van der Waals surface area contributed by atoms with Crippen LogP contribution in [-0.4, -0.2) is 21.5 Å². The van der Waals surface area contributed by atoms with Gasteiger partial charge in [0.05, 0.1) is 0 Å². The van der Waals surface area contributed by atoms with Crippen molar-refractivity contribution in [2.75, 3.05) is 6.54 Å². The van der Waals surface area contributed by atoms with Gasteiger partial charge in [-0.15, -0.1) is 11.3 Å². The molecule has 2 aromatic rings. The summed E-state index contributed by atoms with van der Waals surface area (Å²) in [4.78, 5) is 10.9. The van der Waals surface area contributed by atoms with Crippen molar-refractivity contribution in [1.29, 1.82) is 0 Å². The molecule has 0 aromatic carbocycles. The van der Waals surface area contributed by atoms with Crippen LogP contribution < -0.4 is 5.32 Å². The van der Waals surface area contributed by atoms with E-state index in [9.17, 15) is 13.2 Å². The Morgan fingerprint density at radius 2 is 2.21 bits per heavy atom. The van der Waals surface area contributed by atoms with Gasteiger partial charge < -0.3 is 10.3 Å². The Balaban J connectivity index is 2.26. The topological polar surface area (TPSA) is 53.6 Å². The highest BCUT2D eigenvalue weighted by molar-refractivity contribution is 7.11. The maximum absolute atomic E-state index is 12.6. The third-order valence-corrected chi connectivity index (χ3v) is 3.55. The number of nitrogens with zero attached hydrogens (tertiary/aromatic N) is 2. The maximum atomic E-state index is 12.6. The fourth-order valence-electron chi connectivity index (χ4n) is 1.61. The molecule has 4 nitrogen and oxygen atoms in total. The van der Waals surface area contributed by atoms with Crippen molar-refractivity contribution >= 4 is 11.3 Å². The molecule has 0 aliphatic heterocycles. The first-order valence-electron chi connectivity index (χ1n) is 5.78. The molecule has 19 heavy (non-hydrogen) atoms. The van der Waals surface area contributed by atoms with Crippen LogP contribution in [0.1, 0.15) is 35.1 Å². The number of H-pyrrole nitrogens is 1. The minimum atomic E-state index is -4.40. The summed E-state index contributed by atoms with van der Waals surface area (Å²) in [7, 11) is 0. The third kappa shape index (κ3) is 3.32. The molecule has 0 bridgehead atoms. The Labute approximate surface area is 112 Å². The summed E-state index contributed by atoms with van der Waals surface area (Å²) < 4.78 is 37.7. The van der Waals surface area contributed by atoms with Crippen molar-refractivity contribution in [2.24, 2.45) is 0 Å². The van der Waals surface area contributed by atoms with Crippen molar-refractivity contribution in [3.63, 3.8) is 0 Å². The molecule has 104 valence electrons. The highest BCUT2D eigenvalue weighted by Crippen LogP contribution is 2.35. The van der Waals surface area contributed by atoms with Crippen LogP contribution in [0.15, 0.2) is 18.6 Å². The highest BCUT2D eigenvalue weighted by Gasteiger charge is 2.35. The molecule has 0 spiro atoms. The molecule has 0 aliphatic rings. The van der Waals surface area contributed by atoms with Crippen molar-refractivity contribution in [2.45, 2.75) is 25.6 Å². The summed E-state index contributed by atoms with van der Waals surface area (Å²) in [5, 5.41) is 2.33. The van der Waals surface area contributed by atoms with E-state index >= 15 is 0 Å². The first-order chi connectivity index (χ1) is 9.02. The van der Waals surface area contributed by atoms with Gasteiger partial charge in [0.15, 0.2) is 5.01 Å². The zero-order valence-corrected chi connectivity index (χ0v) is 11.0. The summed E-state index contributed by atoms with van der Waals surface area (Å²) in [6.45, 7) is 2.67. The molecule has 2 heterocycles. The second-order valence-electron chi connectivity index (χ2n) is 3.93. The maximum Gasteiger partial charge on any atom is 0.443 e. The van der Waals surface area contributed by atoms with Gasteiger partial charge in [0, 0.05) is 23.5 Å². The lowest BCUT2D eigenvalue weighted by Gasteiger charge is -2.14. The zero-order chi connectivity index (χ0) is 13.9. The molecule has 2 rings (SSSR count). The Kier molecular flexibility index (Phi) is 4.20. The first kappa shape index (κ1) is 14.0. The molecule has 0 saturated carbocycles. The largest absolute Gasteiger partial charge is 0.443 e. The van der Waals surface area contributed by atoms with Gasteiger partial charge in [-0.2, -0.15) is 13.2 Å². The van der Waals surface area contributed by atoms with Crippen molar-refractivity contribution in [3.05, 3.63) is 34.3 Å². The number of alkyl halides is 3. The molecule has 0 fully saturated rings. The quantitative estimate of drug-likeness (QED) is 0.890. The molecule has 0 saturated heterocycles. The van der Waals surface area contributed by atoms with Crippen LogP contribution in [-0.2, 0) is 6.18 Å². The molecule has 8 heteroatoms. The van der Waals surface area contributed by atoms with Gasteiger partial charge in [-0.3, -0.25) is 0 Å². The monoisotopic (exact) mass is 290 g/mol. The lowest BCUT2D eigenvalue weighted by Crippen LogP contribution is -2.23. The summed E-state index contributed by atoms with van der Waals surface area (Å²) in [6.07, 6.45) is 0.941. The van der Waals surface area contributed by atoms with Crippen LogP contribution in [0.4, 0.5) is 13.2 Å². The van der Waals surface area contributed by atoms with Gasteiger partial charge in [0.25, 0.3) is 0 Å². The SMILES string of the molecule is CCCNC(c1ncc[nH]1)c1cnc(C(F)(F)F)s1. The van der Waals surface area contributed by atoms with Crippen LogP contribution in [0.2, 0.25) is 0 Å². The van der Waals surface area contributed by atoms with Crippen LogP contribution in [0.25, 0.3) is 0 Å². The average Bonchev–Trinajstić information content (AvgIpc) is 2.99. The molecule has 0 radical (unpaired) electrons. The Morgan fingerprint density at radius 1 is 1.42 bits per heavy atom. The fraction of sp³-hybridized carbons (Fsp3) is 0.455. The van der Waals surface area contributed by atoms with Gasteiger partial charge in [0.1, 0.15) is 11.9 Å². The van der Waals surface area contributed by atoms with E-state index in [1.165, 1.54) is 6.20 Å². The number of rotatable bonds is 5. The average molecular weight is 290 g/mol. The standard InChI is InChI=1S/C11H13F3N4S/c1-2-3-15-8(9-16-4-5-17-9)7-6-18-10(19-7)11(12,13)14/h4-6,8,15H,2-3H2,1H3,(H,16,17). The number of halogens is 3. The van der Waals surface area contributed by atoms with Gasteiger partial charge in [-0.1, -0.05) is 6.92 Å². The van der Waals surface area contributed by atoms with Crippen LogP contribution in [0, 0.1) is 0 Å². The van der Waals surface area contributed by atoms with Crippen LogP contribution in [0.5, 0.6) is 0 Å². The first-order valence-corrected chi connectivity index (χ1v) is 6.59. The summed E-state index contributed by atoms with van der Waals surface area (Å²) in [6, 6.07) is -0.386. The lowest BCUT2D eigenvalue weighted by molar-refractivity contribution is -0.137. The number of hydrogen-bond acceptors (Lipinski definition) is 4. The second kappa shape index (κ2) is 5.70. The van der Waals surface area contributed by atoms with E-state index in [0.717, 1.165) is 6.42 Å². The molecule has 1 atom stereocenters. The van der Waals surface area contributed by atoms with Gasteiger partial charge in [-0.25, -0.2) is 9.97 Å². The summed E-state index contributed by atoms with van der Waals surface area (Å²) in [5.74, 6) is 0.589. The van der Waals surface area contributed by atoms with E-state index in [4.69, 9.17) is 0 Å². The summed E-state index contributed by atoms with van der Waals surface area (Å²) in [5.41, 5.74) is 0. The fourth-order valence-corrected chi connectivity index (χ4v) is 2.47. The Morgan fingerprint density at radius 3 is 2.74 bits per heavy atom. The smallest absolute Gasteiger partial charge is 0.347 e.